The van der Waals surface area contributed by atoms with E-state index in [1.807, 2.05) is 4.90 Å². The maximum atomic E-state index is 14.0. The van der Waals surface area contributed by atoms with Crippen LogP contribution in [0.4, 0.5) is 8.78 Å². The molecule has 1 aromatic carbocycles. The maximum absolute atomic E-state index is 14.0. The van der Waals surface area contributed by atoms with Crippen molar-refractivity contribution in [2.45, 2.75) is 32.2 Å². The van der Waals surface area contributed by atoms with Crippen LogP contribution in [0.5, 0.6) is 0 Å². The summed E-state index contributed by atoms with van der Waals surface area (Å²) in [5.41, 5.74) is 0.813. The van der Waals surface area contributed by atoms with Crippen LogP contribution in [-0.4, -0.2) is 23.5 Å². The fraction of sp³-hybridized carbons (Fsp3) is 0.375. The Kier molecular flexibility index (Phi) is 6.13. The minimum atomic E-state index is -0.480. The van der Waals surface area contributed by atoms with E-state index in [-0.39, 0.29) is 22.2 Å². The summed E-state index contributed by atoms with van der Waals surface area (Å²) in [5, 5.41) is -0.0803. The van der Waals surface area contributed by atoms with Gasteiger partial charge in [0.2, 0.25) is 5.29 Å². The van der Waals surface area contributed by atoms with Crippen LogP contribution < -0.4 is 0 Å². The van der Waals surface area contributed by atoms with Gasteiger partial charge in [0.15, 0.2) is 5.82 Å². The Hall–Kier alpha value is -1.46. The van der Waals surface area contributed by atoms with Crippen molar-refractivity contribution >= 4 is 35.2 Å². The number of nitrogens with zero attached hydrogens (tertiary/aromatic N) is 3. The van der Waals surface area contributed by atoms with Crippen molar-refractivity contribution in [3.63, 3.8) is 0 Å². The Balaban J connectivity index is 2.42. The van der Waals surface area contributed by atoms with Crippen molar-refractivity contribution in [1.29, 1.82) is 0 Å². The molecule has 124 valence electrons. The first kappa shape index (κ1) is 17.9. The normalized spacial score (nSPS) is 20.3. The lowest BCUT2D eigenvalue weighted by Crippen LogP contribution is -2.33. The SMILES string of the molecule is C=N/C(Cl)=N\C(=C(/C)F)N1CCCCC1c1ccc(F)c(Cl)c1. The summed E-state index contributed by atoms with van der Waals surface area (Å²) in [5.74, 6) is -0.827. The summed E-state index contributed by atoms with van der Waals surface area (Å²) in [6.45, 7) is 5.21. The highest BCUT2D eigenvalue weighted by Crippen LogP contribution is 2.36. The third-order valence-electron chi connectivity index (χ3n) is 3.74. The fourth-order valence-electron chi connectivity index (χ4n) is 2.71. The van der Waals surface area contributed by atoms with Crippen LogP contribution in [0.3, 0.4) is 0 Å². The number of hydrogen-bond acceptors (Lipinski definition) is 2. The van der Waals surface area contributed by atoms with E-state index in [9.17, 15) is 8.78 Å². The summed E-state index contributed by atoms with van der Waals surface area (Å²) >= 11 is 11.7. The number of benzene rings is 1. The van der Waals surface area contributed by atoms with Gasteiger partial charge in [0.25, 0.3) is 0 Å². The molecule has 7 heteroatoms. The molecule has 1 aromatic rings. The van der Waals surface area contributed by atoms with Crippen LogP contribution in [-0.2, 0) is 0 Å². The monoisotopic (exact) mass is 359 g/mol. The molecule has 1 saturated heterocycles. The van der Waals surface area contributed by atoms with Gasteiger partial charge in [0.1, 0.15) is 11.6 Å². The van der Waals surface area contributed by atoms with E-state index >= 15 is 0 Å². The van der Waals surface area contributed by atoms with Crippen LogP contribution in [0.2, 0.25) is 5.02 Å². The van der Waals surface area contributed by atoms with Gasteiger partial charge in [-0.2, -0.15) is 4.99 Å². The second-order valence-electron chi connectivity index (χ2n) is 5.27. The highest BCUT2D eigenvalue weighted by atomic mass is 35.5. The average Bonchev–Trinajstić information content (AvgIpc) is 2.54. The van der Waals surface area contributed by atoms with Crippen LogP contribution in [0.25, 0.3) is 0 Å². The van der Waals surface area contributed by atoms with Gasteiger partial charge in [-0.15, -0.1) is 0 Å². The van der Waals surface area contributed by atoms with E-state index in [1.54, 1.807) is 12.1 Å². The van der Waals surface area contributed by atoms with Crippen molar-refractivity contribution in [2.75, 3.05) is 6.54 Å². The van der Waals surface area contributed by atoms with Gasteiger partial charge in [-0.05, 0) is 62.2 Å². The molecule has 0 saturated carbocycles. The summed E-state index contributed by atoms with van der Waals surface area (Å²) in [6, 6.07) is 4.40. The first-order chi connectivity index (χ1) is 10.9. The number of aliphatic imine (C=N–C) groups is 2. The quantitative estimate of drug-likeness (QED) is 0.400. The molecule has 0 bridgehead atoms. The van der Waals surface area contributed by atoms with Gasteiger partial charge in [-0.1, -0.05) is 17.7 Å². The number of hydrogen-bond donors (Lipinski definition) is 0. The standard InChI is InChI=1S/C16H17Cl2F2N3/c1-10(19)15(22-16(18)21-2)23-8-4-3-5-14(23)11-6-7-13(20)12(17)9-11/h6-7,9,14H,2-5,8H2,1H3/b15-10-,22-16-. The molecule has 23 heavy (non-hydrogen) atoms. The zero-order valence-electron chi connectivity index (χ0n) is 12.7. The van der Waals surface area contributed by atoms with Crippen molar-refractivity contribution in [1.82, 2.24) is 4.90 Å². The van der Waals surface area contributed by atoms with E-state index in [0.717, 1.165) is 24.8 Å². The second-order valence-corrected chi connectivity index (χ2v) is 6.02. The van der Waals surface area contributed by atoms with Gasteiger partial charge in [-0.25, -0.2) is 13.8 Å². The van der Waals surface area contributed by atoms with Crippen LogP contribution >= 0.6 is 23.2 Å². The summed E-state index contributed by atoms with van der Waals surface area (Å²) in [4.78, 5) is 9.32. The van der Waals surface area contributed by atoms with E-state index in [1.165, 1.54) is 13.0 Å². The molecule has 1 heterocycles. The lowest BCUT2D eigenvalue weighted by molar-refractivity contribution is 0.188. The van der Waals surface area contributed by atoms with Crippen molar-refractivity contribution in [2.24, 2.45) is 9.98 Å². The Bertz CT molecular complexity index is 655. The zero-order chi connectivity index (χ0) is 17.0. The Morgan fingerprint density at radius 2 is 2.13 bits per heavy atom. The Labute approximate surface area is 144 Å². The molecule has 0 radical (unpaired) electrons. The molecule has 1 unspecified atom stereocenters. The number of amidine groups is 1. The number of piperidine rings is 1. The molecule has 0 aromatic heterocycles. The molecule has 1 aliphatic heterocycles. The second kappa shape index (κ2) is 7.88. The van der Waals surface area contributed by atoms with E-state index < -0.39 is 11.6 Å². The fourth-order valence-corrected chi connectivity index (χ4v) is 2.98. The van der Waals surface area contributed by atoms with Gasteiger partial charge in [-0.3, -0.25) is 0 Å². The summed E-state index contributed by atoms with van der Waals surface area (Å²) in [7, 11) is 0. The number of allylic oxidation sites excluding steroid dienone is 1. The molecular weight excluding hydrogens is 343 g/mol. The van der Waals surface area contributed by atoms with E-state index in [2.05, 4.69) is 16.7 Å². The summed E-state index contributed by atoms with van der Waals surface area (Å²) in [6.07, 6.45) is 2.66. The third-order valence-corrected chi connectivity index (χ3v) is 4.23. The molecular formula is C16H17Cl2F2N3. The molecule has 1 aliphatic rings. The van der Waals surface area contributed by atoms with Gasteiger partial charge in [0.05, 0.1) is 11.1 Å². The van der Waals surface area contributed by atoms with Crippen molar-refractivity contribution in [3.8, 4) is 0 Å². The van der Waals surface area contributed by atoms with E-state index in [0.29, 0.717) is 6.54 Å². The topological polar surface area (TPSA) is 28.0 Å². The predicted octanol–water partition coefficient (Wildman–Crippen LogP) is 5.46. The molecule has 1 atom stereocenters. The molecule has 0 spiro atoms. The highest BCUT2D eigenvalue weighted by molar-refractivity contribution is 6.65. The summed E-state index contributed by atoms with van der Waals surface area (Å²) < 4.78 is 27.4. The first-order valence-corrected chi connectivity index (χ1v) is 7.98. The highest BCUT2D eigenvalue weighted by Gasteiger charge is 2.28. The van der Waals surface area contributed by atoms with Gasteiger partial charge in [0, 0.05) is 6.54 Å². The molecule has 2 rings (SSSR count). The van der Waals surface area contributed by atoms with E-state index in [4.69, 9.17) is 23.2 Å². The lowest BCUT2D eigenvalue weighted by Gasteiger charge is -2.37. The third kappa shape index (κ3) is 4.30. The molecule has 0 amide bonds. The molecule has 0 aliphatic carbocycles. The zero-order valence-corrected chi connectivity index (χ0v) is 14.2. The molecule has 1 fully saturated rings. The molecule has 3 nitrogen and oxygen atoms in total. The van der Waals surface area contributed by atoms with Crippen LogP contribution in [0.1, 0.15) is 37.8 Å². The Morgan fingerprint density at radius 3 is 2.74 bits per heavy atom. The largest absolute Gasteiger partial charge is 0.347 e. The van der Waals surface area contributed by atoms with Gasteiger partial charge < -0.3 is 4.90 Å². The molecule has 0 N–H and O–H groups in total. The van der Waals surface area contributed by atoms with Crippen molar-refractivity contribution < 1.29 is 8.78 Å². The maximum Gasteiger partial charge on any atom is 0.223 e. The van der Waals surface area contributed by atoms with Crippen molar-refractivity contribution in [3.05, 3.63) is 46.3 Å². The number of rotatable bonds is 3. The van der Waals surface area contributed by atoms with Gasteiger partial charge >= 0.3 is 0 Å². The minimum Gasteiger partial charge on any atom is -0.347 e. The Morgan fingerprint density at radius 1 is 1.39 bits per heavy atom. The minimum absolute atomic E-state index is 0.0461. The lowest BCUT2D eigenvalue weighted by atomic mass is 9.95. The predicted molar refractivity (Wildman–Crippen MR) is 91.4 cm³/mol. The number of halogens is 4. The smallest absolute Gasteiger partial charge is 0.223 e. The first-order valence-electron chi connectivity index (χ1n) is 7.23. The number of likely N-dealkylation sites (tertiary alicyclic amines) is 1. The average molecular weight is 360 g/mol. The van der Waals surface area contributed by atoms with Crippen LogP contribution in [0.15, 0.2) is 39.8 Å². The van der Waals surface area contributed by atoms with Crippen LogP contribution in [0, 0.1) is 5.82 Å².